The summed E-state index contributed by atoms with van der Waals surface area (Å²) < 4.78 is 7.10. The minimum atomic E-state index is -0.596. The Morgan fingerprint density at radius 1 is 1.42 bits per heavy atom. The van der Waals surface area contributed by atoms with E-state index < -0.39 is 6.10 Å². The van der Waals surface area contributed by atoms with Crippen LogP contribution in [0.4, 0.5) is 0 Å². The number of hydrogen-bond donors (Lipinski definition) is 2. The number of rotatable bonds is 3. The summed E-state index contributed by atoms with van der Waals surface area (Å²) >= 11 is 0. The zero-order chi connectivity index (χ0) is 16.7. The molecule has 4 rings (SSSR count). The Bertz CT molecular complexity index is 765. The summed E-state index contributed by atoms with van der Waals surface area (Å²) in [6.07, 6.45) is 2.60. The van der Waals surface area contributed by atoms with Gasteiger partial charge in [0.05, 0.1) is 30.0 Å². The Hall–Kier alpha value is -2.18. The normalized spacial score (nSPS) is 25.7. The number of nitrogens with zero attached hydrogens (tertiary/aromatic N) is 2. The maximum Gasteiger partial charge on any atom is 0.255 e. The lowest BCUT2D eigenvalue weighted by atomic mass is 10.0. The summed E-state index contributed by atoms with van der Waals surface area (Å²) in [5, 5.41) is 17.8. The molecule has 2 N–H and O–H groups in total. The number of aromatic nitrogens is 2. The molecule has 1 amide bonds. The minimum absolute atomic E-state index is 0.160. The first-order valence-corrected chi connectivity index (χ1v) is 8.31. The average molecular weight is 327 g/mol. The number of fused-ring (bicyclic) bond motifs is 1. The number of carbonyl (C=O) groups excluding carboxylic acids is 1. The first-order valence-electron chi connectivity index (χ1n) is 8.31. The fraction of sp³-hybridized carbons (Fsp3) is 0.444. The molecule has 1 aliphatic carbocycles. The first-order chi connectivity index (χ1) is 11.6. The second-order valence-corrected chi connectivity index (χ2v) is 6.58. The van der Waals surface area contributed by atoms with Crippen LogP contribution in [0.25, 0.3) is 0 Å². The molecule has 1 aromatic carbocycles. The van der Waals surface area contributed by atoms with Crippen LogP contribution in [0, 0.1) is 0 Å². The highest BCUT2D eigenvalue weighted by Gasteiger charge is 2.34. The van der Waals surface area contributed by atoms with Crippen molar-refractivity contribution < 1.29 is 14.6 Å². The van der Waals surface area contributed by atoms with Gasteiger partial charge in [0.15, 0.2) is 0 Å². The third-order valence-electron chi connectivity index (χ3n) is 4.91. The lowest BCUT2D eigenvalue weighted by Crippen LogP contribution is -2.34. The zero-order valence-corrected chi connectivity index (χ0v) is 13.6. The van der Waals surface area contributed by atoms with E-state index in [1.54, 1.807) is 10.9 Å². The maximum absolute atomic E-state index is 12.8. The number of benzene rings is 1. The van der Waals surface area contributed by atoms with E-state index >= 15 is 0 Å². The van der Waals surface area contributed by atoms with Crippen LogP contribution in [0.2, 0.25) is 0 Å². The van der Waals surface area contributed by atoms with Crippen LogP contribution in [0.5, 0.6) is 0 Å². The topological polar surface area (TPSA) is 76.4 Å². The Labute approximate surface area is 140 Å². The van der Waals surface area contributed by atoms with Crippen LogP contribution in [-0.4, -0.2) is 40.1 Å². The van der Waals surface area contributed by atoms with Crippen molar-refractivity contribution >= 4 is 5.91 Å². The van der Waals surface area contributed by atoms with Gasteiger partial charge in [-0.3, -0.25) is 9.48 Å². The van der Waals surface area contributed by atoms with E-state index in [-0.39, 0.29) is 17.9 Å². The summed E-state index contributed by atoms with van der Waals surface area (Å²) in [7, 11) is 1.82. The number of nitrogens with one attached hydrogen (secondary N) is 1. The van der Waals surface area contributed by atoms with Crippen molar-refractivity contribution in [1.29, 1.82) is 0 Å². The molecule has 24 heavy (non-hydrogen) atoms. The highest BCUT2D eigenvalue weighted by Crippen LogP contribution is 2.32. The van der Waals surface area contributed by atoms with Gasteiger partial charge in [0.1, 0.15) is 0 Å². The van der Waals surface area contributed by atoms with E-state index in [4.69, 9.17) is 4.74 Å². The van der Waals surface area contributed by atoms with Crippen LogP contribution in [0.15, 0.2) is 30.5 Å². The summed E-state index contributed by atoms with van der Waals surface area (Å²) in [4.78, 5) is 12.8. The van der Waals surface area contributed by atoms with E-state index in [2.05, 4.69) is 10.4 Å². The third-order valence-corrected chi connectivity index (χ3v) is 4.91. The van der Waals surface area contributed by atoms with E-state index in [1.165, 1.54) is 0 Å². The van der Waals surface area contributed by atoms with Crippen molar-refractivity contribution in [3.05, 3.63) is 52.8 Å². The molecule has 2 aromatic rings. The van der Waals surface area contributed by atoms with Gasteiger partial charge in [-0.25, -0.2) is 0 Å². The van der Waals surface area contributed by atoms with Gasteiger partial charge in [-0.15, -0.1) is 0 Å². The van der Waals surface area contributed by atoms with Crippen molar-refractivity contribution in [3.8, 4) is 0 Å². The summed E-state index contributed by atoms with van der Waals surface area (Å²) in [6, 6.07) is 7.47. The first kappa shape index (κ1) is 15.4. The minimum Gasteiger partial charge on any atom is -0.390 e. The molecule has 0 saturated carbocycles. The van der Waals surface area contributed by atoms with E-state index in [9.17, 15) is 9.90 Å². The molecule has 126 valence electrons. The number of ether oxygens (including phenoxy) is 1. The average Bonchev–Trinajstić information content (AvgIpc) is 3.27. The molecule has 6 heteroatoms. The molecule has 1 fully saturated rings. The fourth-order valence-electron chi connectivity index (χ4n) is 3.70. The Morgan fingerprint density at radius 2 is 2.25 bits per heavy atom. The molecular formula is C18H21N3O3. The molecule has 1 aliphatic heterocycles. The van der Waals surface area contributed by atoms with Crippen LogP contribution in [-0.2, 0) is 18.2 Å². The lowest BCUT2D eigenvalue weighted by molar-refractivity contribution is 0.0856. The van der Waals surface area contributed by atoms with Gasteiger partial charge >= 0.3 is 0 Å². The molecule has 0 radical (unpaired) electrons. The van der Waals surface area contributed by atoms with Crippen LogP contribution < -0.4 is 5.32 Å². The van der Waals surface area contributed by atoms with Gasteiger partial charge in [-0.1, -0.05) is 24.3 Å². The standard InChI is InChI=1S/C18H21N3O3/c1-21-9-14(16(20-21)12-6-7-24-10-12)18(23)19-17-13-5-3-2-4-11(13)8-15(17)22/h2-5,9,12,15,17,22H,6-8,10H2,1H3,(H,19,23)/t12-,15+,17-/m0/s1. The predicted molar refractivity (Wildman–Crippen MR) is 87.7 cm³/mol. The zero-order valence-electron chi connectivity index (χ0n) is 13.6. The van der Waals surface area contributed by atoms with Crippen molar-refractivity contribution in [2.45, 2.75) is 30.9 Å². The predicted octanol–water partition coefficient (Wildman–Crippen LogP) is 1.31. The quantitative estimate of drug-likeness (QED) is 0.891. The van der Waals surface area contributed by atoms with Crippen LogP contribution >= 0.6 is 0 Å². The maximum atomic E-state index is 12.8. The van der Waals surface area contributed by atoms with Gasteiger partial charge in [0.2, 0.25) is 0 Å². The number of aryl methyl sites for hydroxylation is 1. The molecule has 2 heterocycles. The molecule has 2 aliphatic rings. The molecular weight excluding hydrogens is 306 g/mol. The van der Waals surface area contributed by atoms with Crippen LogP contribution in [0.3, 0.4) is 0 Å². The summed E-state index contributed by atoms with van der Waals surface area (Å²) in [6.45, 7) is 1.31. The van der Waals surface area contributed by atoms with Crippen molar-refractivity contribution in [1.82, 2.24) is 15.1 Å². The molecule has 0 bridgehead atoms. The van der Waals surface area contributed by atoms with Gasteiger partial charge in [-0.2, -0.15) is 5.10 Å². The van der Waals surface area contributed by atoms with Gasteiger partial charge in [-0.05, 0) is 17.5 Å². The number of hydrogen-bond acceptors (Lipinski definition) is 4. The second-order valence-electron chi connectivity index (χ2n) is 6.58. The number of aliphatic hydroxyl groups excluding tert-OH is 1. The highest BCUT2D eigenvalue weighted by atomic mass is 16.5. The largest absolute Gasteiger partial charge is 0.390 e. The Balaban J connectivity index is 1.59. The molecule has 3 atom stereocenters. The third kappa shape index (κ3) is 2.61. The van der Waals surface area contributed by atoms with Crippen molar-refractivity contribution in [2.24, 2.45) is 7.05 Å². The number of aliphatic hydroxyl groups is 1. The lowest BCUT2D eigenvalue weighted by Gasteiger charge is -2.18. The fourth-order valence-corrected chi connectivity index (χ4v) is 3.70. The second kappa shape index (κ2) is 6.03. The SMILES string of the molecule is Cn1cc(C(=O)N[C@H]2c3ccccc3C[C@H]2O)c([C@H]2CCOC2)n1. The van der Waals surface area contributed by atoms with Gasteiger partial charge in [0.25, 0.3) is 5.91 Å². The monoisotopic (exact) mass is 327 g/mol. The van der Waals surface area contributed by atoms with E-state index in [0.717, 1.165) is 23.2 Å². The summed E-state index contributed by atoms with van der Waals surface area (Å²) in [5.74, 6) is -0.0292. The van der Waals surface area contributed by atoms with Gasteiger partial charge in [0, 0.05) is 32.2 Å². The summed E-state index contributed by atoms with van der Waals surface area (Å²) in [5.41, 5.74) is 3.44. The number of amides is 1. The van der Waals surface area contributed by atoms with Crippen molar-refractivity contribution in [3.63, 3.8) is 0 Å². The Morgan fingerprint density at radius 3 is 3.04 bits per heavy atom. The number of carbonyl (C=O) groups is 1. The van der Waals surface area contributed by atoms with E-state index in [0.29, 0.717) is 25.2 Å². The molecule has 1 aromatic heterocycles. The Kier molecular flexibility index (Phi) is 3.86. The highest BCUT2D eigenvalue weighted by molar-refractivity contribution is 5.95. The smallest absolute Gasteiger partial charge is 0.255 e. The van der Waals surface area contributed by atoms with Crippen LogP contribution in [0.1, 0.15) is 45.6 Å². The molecule has 0 spiro atoms. The molecule has 6 nitrogen and oxygen atoms in total. The van der Waals surface area contributed by atoms with E-state index in [1.807, 2.05) is 31.3 Å². The molecule has 1 saturated heterocycles. The van der Waals surface area contributed by atoms with Gasteiger partial charge < -0.3 is 15.2 Å². The molecule has 0 unspecified atom stereocenters. The van der Waals surface area contributed by atoms with Crippen molar-refractivity contribution in [2.75, 3.05) is 13.2 Å².